The highest BCUT2D eigenvalue weighted by molar-refractivity contribution is 5.91. The monoisotopic (exact) mass is 482 g/mol. The Bertz CT molecular complexity index is 1060. The third kappa shape index (κ3) is 5.98. The van der Waals surface area contributed by atoms with Gasteiger partial charge in [-0.2, -0.15) is 0 Å². The molecule has 2 aromatic rings. The average Bonchev–Trinajstić information content (AvgIpc) is 3.18. The summed E-state index contributed by atoms with van der Waals surface area (Å²) in [5, 5.41) is 14.2. The van der Waals surface area contributed by atoms with Crippen LogP contribution in [0.25, 0.3) is 11.1 Å². The van der Waals surface area contributed by atoms with Crippen LogP contribution < -0.4 is 10.6 Å². The summed E-state index contributed by atoms with van der Waals surface area (Å²) in [6.45, 7) is 3.67. The number of rotatable bonds is 10. The van der Waals surface area contributed by atoms with E-state index in [2.05, 4.69) is 15.4 Å². The molecule has 0 fully saturated rings. The summed E-state index contributed by atoms with van der Waals surface area (Å²) in [6, 6.07) is 13.4. The lowest BCUT2D eigenvalue weighted by atomic mass is 9.97. The van der Waals surface area contributed by atoms with Crippen molar-refractivity contribution in [2.45, 2.75) is 44.7 Å². The minimum Gasteiger partial charge on any atom is -0.480 e. The Morgan fingerprint density at radius 3 is 2.06 bits per heavy atom. The van der Waals surface area contributed by atoms with E-state index in [1.54, 1.807) is 6.92 Å². The maximum atomic E-state index is 12.9. The molecule has 2 unspecified atom stereocenters. The summed E-state index contributed by atoms with van der Waals surface area (Å²) in [5.41, 5.74) is 4.31. The Balaban J connectivity index is 1.68. The fourth-order valence-electron chi connectivity index (χ4n) is 4.18. The average molecular weight is 483 g/mol. The van der Waals surface area contributed by atoms with Crippen LogP contribution in [0.2, 0.25) is 0 Å². The predicted molar refractivity (Wildman–Crippen MR) is 128 cm³/mol. The van der Waals surface area contributed by atoms with E-state index >= 15 is 0 Å². The first-order valence-corrected chi connectivity index (χ1v) is 11.5. The SMILES string of the molecule is CCC(C)C(NC(=O)OCC1c2ccccc2-c2ccccc21)C(=O)N[C@@H](CC(=O)OC)C(=O)O. The van der Waals surface area contributed by atoms with Crippen LogP contribution in [0, 0.1) is 5.92 Å². The molecule has 1 aliphatic rings. The molecule has 0 saturated carbocycles. The van der Waals surface area contributed by atoms with E-state index in [4.69, 9.17) is 4.74 Å². The quantitative estimate of drug-likeness (QED) is 0.444. The Morgan fingerprint density at radius 2 is 1.54 bits per heavy atom. The molecule has 3 N–H and O–H groups in total. The highest BCUT2D eigenvalue weighted by Crippen LogP contribution is 2.44. The number of amides is 2. The van der Waals surface area contributed by atoms with Crippen molar-refractivity contribution in [3.05, 3.63) is 59.7 Å². The third-order valence-corrected chi connectivity index (χ3v) is 6.33. The number of hydrogen-bond donors (Lipinski definition) is 3. The van der Waals surface area contributed by atoms with E-state index in [-0.39, 0.29) is 18.4 Å². The standard InChI is InChI=1S/C26H30N2O7/c1-4-15(2)23(24(30)27-21(25(31)32)13-22(29)34-3)28-26(33)35-14-20-18-11-7-5-9-16(18)17-10-6-8-12-19(17)20/h5-12,15,20-21,23H,4,13-14H2,1-3H3,(H,27,30)(H,28,33)(H,31,32)/t15?,21-,23?/m0/s1. The van der Waals surface area contributed by atoms with Gasteiger partial charge in [0.15, 0.2) is 0 Å². The summed E-state index contributed by atoms with van der Waals surface area (Å²) >= 11 is 0. The lowest BCUT2D eigenvalue weighted by molar-refractivity contribution is -0.149. The molecule has 186 valence electrons. The maximum Gasteiger partial charge on any atom is 0.407 e. The Kier molecular flexibility index (Phi) is 8.46. The number of methoxy groups -OCH3 is 1. The van der Waals surface area contributed by atoms with Gasteiger partial charge in [-0.05, 0) is 28.2 Å². The number of aliphatic carboxylic acids is 1. The number of carboxylic acids is 1. The number of benzene rings is 2. The zero-order chi connectivity index (χ0) is 25.5. The van der Waals surface area contributed by atoms with Gasteiger partial charge in [-0.3, -0.25) is 9.59 Å². The fourth-order valence-corrected chi connectivity index (χ4v) is 4.18. The van der Waals surface area contributed by atoms with E-state index in [1.165, 1.54) is 0 Å². The number of hydrogen-bond acceptors (Lipinski definition) is 6. The molecule has 2 amide bonds. The van der Waals surface area contributed by atoms with E-state index in [9.17, 15) is 24.3 Å². The van der Waals surface area contributed by atoms with Crippen molar-refractivity contribution in [2.75, 3.05) is 13.7 Å². The molecule has 3 rings (SSSR count). The fraction of sp³-hybridized carbons (Fsp3) is 0.385. The summed E-state index contributed by atoms with van der Waals surface area (Å²) in [7, 11) is 1.13. The van der Waals surface area contributed by atoms with Gasteiger partial charge < -0.3 is 25.2 Å². The smallest absolute Gasteiger partial charge is 0.407 e. The molecule has 9 heteroatoms. The predicted octanol–water partition coefficient (Wildman–Crippen LogP) is 3.07. The van der Waals surface area contributed by atoms with E-state index < -0.39 is 42.4 Å². The second kappa shape index (κ2) is 11.5. The summed E-state index contributed by atoms with van der Waals surface area (Å²) in [5.74, 6) is -3.33. The van der Waals surface area contributed by atoms with Crippen molar-refractivity contribution in [3.8, 4) is 11.1 Å². The first-order chi connectivity index (χ1) is 16.8. The number of carbonyl (C=O) groups excluding carboxylic acids is 3. The van der Waals surface area contributed by atoms with Gasteiger partial charge in [0.05, 0.1) is 13.5 Å². The molecule has 0 heterocycles. The molecule has 0 saturated heterocycles. The molecule has 3 atom stereocenters. The van der Waals surface area contributed by atoms with Gasteiger partial charge >= 0.3 is 18.0 Å². The number of carboxylic acid groups (broad SMARTS) is 1. The summed E-state index contributed by atoms with van der Waals surface area (Å²) < 4.78 is 10.0. The van der Waals surface area contributed by atoms with Gasteiger partial charge in [0.1, 0.15) is 18.7 Å². The molecule has 0 aliphatic heterocycles. The lowest BCUT2D eigenvalue weighted by Crippen LogP contribution is -2.54. The molecule has 1 aliphatic carbocycles. The highest BCUT2D eigenvalue weighted by atomic mass is 16.5. The molecule has 0 bridgehead atoms. The molecular formula is C26H30N2O7. The van der Waals surface area contributed by atoms with Gasteiger partial charge in [0.2, 0.25) is 5.91 Å². The van der Waals surface area contributed by atoms with Crippen molar-refractivity contribution in [2.24, 2.45) is 5.92 Å². The molecule has 35 heavy (non-hydrogen) atoms. The number of carbonyl (C=O) groups is 4. The molecule has 2 aromatic carbocycles. The second-order valence-electron chi connectivity index (χ2n) is 8.51. The first-order valence-electron chi connectivity index (χ1n) is 11.5. The molecule has 9 nitrogen and oxygen atoms in total. The van der Waals surface area contributed by atoms with Gasteiger partial charge in [-0.1, -0.05) is 68.8 Å². The van der Waals surface area contributed by atoms with Crippen LogP contribution in [0.3, 0.4) is 0 Å². The van der Waals surface area contributed by atoms with E-state index in [0.29, 0.717) is 6.42 Å². The minimum atomic E-state index is -1.48. The van der Waals surface area contributed by atoms with E-state index in [0.717, 1.165) is 29.4 Å². The van der Waals surface area contributed by atoms with E-state index in [1.807, 2.05) is 55.5 Å². The normalized spacial score (nSPS) is 14.6. The Hall–Kier alpha value is -3.88. The highest BCUT2D eigenvalue weighted by Gasteiger charge is 2.33. The number of alkyl carbamates (subject to hydrolysis) is 1. The first kappa shape index (κ1) is 25.7. The topological polar surface area (TPSA) is 131 Å². The molecule has 0 aromatic heterocycles. The number of ether oxygens (including phenoxy) is 2. The zero-order valence-electron chi connectivity index (χ0n) is 19.9. The van der Waals surface area contributed by atoms with Crippen molar-refractivity contribution in [1.29, 1.82) is 0 Å². The Labute approximate surface area is 203 Å². The van der Waals surface area contributed by atoms with Crippen LogP contribution in [0.5, 0.6) is 0 Å². The van der Waals surface area contributed by atoms with Gasteiger partial charge in [0.25, 0.3) is 0 Å². The minimum absolute atomic E-state index is 0.0782. The molecule has 0 radical (unpaired) electrons. The van der Waals surface area contributed by atoms with Crippen molar-refractivity contribution < 1.29 is 33.8 Å². The lowest BCUT2D eigenvalue weighted by Gasteiger charge is -2.25. The van der Waals surface area contributed by atoms with Gasteiger partial charge in [-0.25, -0.2) is 9.59 Å². The zero-order valence-corrected chi connectivity index (χ0v) is 19.9. The van der Waals surface area contributed by atoms with Crippen LogP contribution in [-0.4, -0.2) is 54.8 Å². The van der Waals surface area contributed by atoms with Crippen molar-refractivity contribution in [1.82, 2.24) is 10.6 Å². The Morgan fingerprint density at radius 1 is 0.971 bits per heavy atom. The van der Waals surface area contributed by atoms with Crippen molar-refractivity contribution in [3.63, 3.8) is 0 Å². The van der Waals surface area contributed by atoms with Crippen LogP contribution in [-0.2, 0) is 23.9 Å². The van der Waals surface area contributed by atoms with Crippen molar-refractivity contribution >= 4 is 23.9 Å². The maximum absolute atomic E-state index is 12.9. The number of esters is 1. The largest absolute Gasteiger partial charge is 0.480 e. The second-order valence-corrected chi connectivity index (χ2v) is 8.51. The van der Waals surface area contributed by atoms with Crippen LogP contribution >= 0.6 is 0 Å². The third-order valence-electron chi connectivity index (χ3n) is 6.33. The summed E-state index contributed by atoms with van der Waals surface area (Å²) in [4.78, 5) is 48.5. The molecule has 0 spiro atoms. The summed E-state index contributed by atoms with van der Waals surface area (Å²) in [6.07, 6.45) is -0.779. The van der Waals surface area contributed by atoms with Crippen LogP contribution in [0.4, 0.5) is 4.79 Å². The number of fused-ring (bicyclic) bond motifs is 3. The molecular weight excluding hydrogens is 452 g/mol. The number of nitrogens with one attached hydrogen (secondary N) is 2. The van der Waals surface area contributed by atoms with Crippen LogP contribution in [0.1, 0.15) is 43.7 Å². The van der Waals surface area contributed by atoms with Gasteiger partial charge in [0, 0.05) is 5.92 Å². The van der Waals surface area contributed by atoms with Crippen LogP contribution in [0.15, 0.2) is 48.5 Å². The van der Waals surface area contributed by atoms with Gasteiger partial charge in [-0.15, -0.1) is 0 Å².